The minimum Gasteiger partial charge on any atom is -0.384 e. The van der Waals surface area contributed by atoms with Crippen LogP contribution in [0.2, 0.25) is 0 Å². The molecule has 2 fully saturated rings. The van der Waals surface area contributed by atoms with E-state index in [9.17, 15) is 9.90 Å². The van der Waals surface area contributed by atoms with Crippen LogP contribution < -0.4 is 0 Å². The van der Waals surface area contributed by atoms with Crippen LogP contribution in [-0.2, 0) is 10.4 Å². The zero-order chi connectivity index (χ0) is 19.3. The van der Waals surface area contributed by atoms with Crippen molar-refractivity contribution in [2.45, 2.75) is 38.7 Å². The van der Waals surface area contributed by atoms with Crippen LogP contribution in [0.25, 0.3) is 0 Å². The molecule has 0 spiro atoms. The highest BCUT2D eigenvalue weighted by atomic mass is 16.3. The molecule has 0 saturated carbocycles. The summed E-state index contributed by atoms with van der Waals surface area (Å²) in [5.41, 5.74) is 0.136. The normalized spacial score (nSPS) is 22.6. The molecule has 1 atom stereocenters. The molecule has 2 heterocycles. The average Bonchev–Trinajstić information content (AvgIpc) is 2.70. The lowest BCUT2D eigenvalue weighted by Gasteiger charge is -2.38. The predicted molar refractivity (Wildman–Crippen MR) is 108 cm³/mol. The van der Waals surface area contributed by atoms with Crippen LogP contribution in [0.1, 0.15) is 38.7 Å². The molecule has 0 radical (unpaired) electrons. The number of β-amino-alcohol motifs (C(OH)–C–C–N with tert-alkyl or cyclic N) is 1. The van der Waals surface area contributed by atoms with E-state index in [1.54, 1.807) is 0 Å². The number of hydrogen-bond acceptors (Lipinski definition) is 4. The van der Waals surface area contributed by atoms with E-state index in [-0.39, 0.29) is 0 Å². The van der Waals surface area contributed by atoms with Gasteiger partial charge in [-0.2, -0.15) is 0 Å². The predicted octanol–water partition coefficient (Wildman–Crippen LogP) is 2.16. The highest BCUT2D eigenvalue weighted by Crippen LogP contribution is 2.26. The third-order valence-electron chi connectivity index (χ3n) is 6.27. The van der Waals surface area contributed by atoms with Crippen LogP contribution in [0.15, 0.2) is 30.3 Å². The Morgan fingerprint density at radius 2 is 1.67 bits per heavy atom. The molecular formula is C22H35N3O2. The zero-order valence-electron chi connectivity index (χ0n) is 16.9. The van der Waals surface area contributed by atoms with Gasteiger partial charge < -0.3 is 19.8 Å². The van der Waals surface area contributed by atoms with Gasteiger partial charge in [0, 0.05) is 39.1 Å². The van der Waals surface area contributed by atoms with Crippen LogP contribution in [0.3, 0.4) is 0 Å². The molecule has 1 amide bonds. The minimum absolute atomic E-state index is 0.334. The van der Waals surface area contributed by atoms with E-state index in [0.717, 1.165) is 64.2 Å². The maximum Gasteiger partial charge on any atom is 0.222 e. The Labute approximate surface area is 163 Å². The molecular weight excluding hydrogens is 338 g/mol. The Bertz CT molecular complexity index is 589. The quantitative estimate of drug-likeness (QED) is 0.830. The van der Waals surface area contributed by atoms with Gasteiger partial charge in [-0.15, -0.1) is 0 Å². The summed E-state index contributed by atoms with van der Waals surface area (Å²) in [5.74, 6) is 0.820. The maximum atomic E-state index is 12.6. The molecule has 1 N–H and O–H groups in total. The van der Waals surface area contributed by atoms with Crippen LogP contribution >= 0.6 is 0 Å². The number of carbonyl (C=O) groups excluding carboxylic acids is 1. The Kier molecular flexibility index (Phi) is 6.90. The van der Waals surface area contributed by atoms with Crippen molar-refractivity contribution in [1.29, 1.82) is 0 Å². The number of piperidine rings is 1. The Hall–Kier alpha value is -1.43. The molecule has 2 aliphatic heterocycles. The fraction of sp³-hybridized carbons (Fsp3) is 0.682. The number of benzene rings is 1. The number of rotatable bonds is 6. The topological polar surface area (TPSA) is 47.0 Å². The van der Waals surface area contributed by atoms with Crippen LogP contribution in [-0.4, -0.2) is 78.1 Å². The van der Waals surface area contributed by atoms with E-state index in [2.05, 4.69) is 21.6 Å². The number of likely N-dealkylation sites (N-methyl/N-ethyl adjacent to an activating group) is 1. The van der Waals surface area contributed by atoms with Crippen LogP contribution in [0.5, 0.6) is 0 Å². The van der Waals surface area contributed by atoms with Crippen molar-refractivity contribution in [2.75, 3.05) is 52.4 Å². The number of piperazine rings is 1. The Balaban J connectivity index is 1.42. The van der Waals surface area contributed by atoms with Crippen molar-refractivity contribution in [1.82, 2.24) is 14.7 Å². The maximum absolute atomic E-state index is 12.6. The molecule has 2 saturated heterocycles. The van der Waals surface area contributed by atoms with E-state index in [1.807, 2.05) is 37.3 Å². The fourth-order valence-electron chi connectivity index (χ4n) is 4.36. The zero-order valence-corrected chi connectivity index (χ0v) is 16.9. The Morgan fingerprint density at radius 3 is 2.26 bits per heavy atom. The van der Waals surface area contributed by atoms with Gasteiger partial charge in [-0.05, 0) is 50.9 Å². The monoisotopic (exact) mass is 373 g/mol. The van der Waals surface area contributed by atoms with Gasteiger partial charge in [0.25, 0.3) is 0 Å². The van der Waals surface area contributed by atoms with Gasteiger partial charge in [-0.1, -0.05) is 37.3 Å². The van der Waals surface area contributed by atoms with Crippen molar-refractivity contribution in [3.05, 3.63) is 35.9 Å². The first kappa shape index (κ1) is 20.3. The fourth-order valence-corrected chi connectivity index (χ4v) is 4.36. The summed E-state index contributed by atoms with van der Waals surface area (Å²) in [7, 11) is 0. The summed E-state index contributed by atoms with van der Waals surface area (Å²) in [4.78, 5) is 19.4. The van der Waals surface area contributed by atoms with Crippen molar-refractivity contribution in [2.24, 2.45) is 5.92 Å². The number of amides is 1. The summed E-state index contributed by atoms with van der Waals surface area (Å²) in [6, 6.07) is 9.90. The van der Waals surface area contributed by atoms with Gasteiger partial charge in [0.15, 0.2) is 0 Å². The van der Waals surface area contributed by atoms with E-state index < -0.39 is 5.60 Å². The van der Waals surface area contributed by atoms with Gasteiger partial charge in [-0.3, -0.25) is 4.79 Å². The van der Waals surface area contributed by atoms with Crippen molar-refractivity contribution >= 4 is 5.91 Å². The summed E-state index contributed by atoms with van der Waals surface area (Å²) in [6.45, 7) is 11.5. The number of nitrogens with zero attached hydrogens (tertiary/aromatic N) is 3. The van der Waals surface area contributed by atoms with Gasteiger partial charge in [0.05, 0.1) is 5.60 Å². The lowest BCUT2D eigenvalue weighted by atomic mass is 9.90. The van der Waals surface area contributed by atoms with E-state index in [0.29, 0.717) is 24.8 Å². The molecule has 5 heteroatoms. The van der Waals surface area contributed by atoms with E-state index in [1.165, 1.54) is 0 Å². The molecule has 2 aliphatic rings. The molecule has 5 nitrogen and oxygen atoms in total. The SMILES string of the molecule is CCN1CCN(C(=O)CC2CCN(CC(C)(O)c3ccccc3)CC2)CC1. The Morgan fingerprint density at radius 1 is 1.04 bits per heavy atom. The van der Waals surface area contributed by atoms with Gasteiger partial charge in [0.1, 0.15) is 0 Å². The summed E-state index contributed by atoms with van der Waals surface area (Å²) >= 11 is 0. The summed E-state index contributed by atoms with van der Waals surface area (Å²) in [5, 5.41) is 10.9. The van der Waals surface area contributed by atoms with Crippen molar-refractivity contribution in [3.63, 3.8) is 0 Å². The summed E-state index contributed by atoms with van der Waals surface area (Å²) in [6.07, 6.45) is 2.78. The molecule has 0 bridgehead atoms. The number of aliphatic hydroxyl groups is 1. The lowest BCUT2D eigenvalue weighted by molar-refractivity contribution is -0.134. The highest BCUT2D eigenvalue weighted by Gasteiger charge is 2.30. The molecule has 3 rings (SSSR count). The average molecular weight is 374 g/mol. The minimum atomic E-state index is -0.830. The van der Waals surface area contributed by atoms with Gasteiger partial charge in [-0.25, -0.2) is 0 Å². The summed E-state index contributed by atoms with van der Waals surface area (Å²) < 4.78 is 0. The molecule has 0 aliphatic carbocycles. The first-order valence-electron chi connectivity index (χ1n) is 10.5. The van der Waals surface area contributed by atoms with Gasteiger partial charge >= 0.3 is 0 Å². The van der Waals surface area contributed by atoms with Crippen LogP contribution in [0, 0.1) is 5.92 Å². The van der Waals surface area contributed by atoms with E-state index >= 15 is 0 Å². The third-order valence-corrected chi connectivity index (χ3v) is 6.27. The largest absolute Gasteiger partial charge is 0.384 e. The highest BCUT2D eigenvalue weighted by molar-refractivity contribution is 5.76. The van der Waals surface area contributed by atoms with E-state index in [4.69, 9.17) is 0 Å². The molecule has 0 aromatic heterocycles. The molecule has 1 unspecified atom stereocenters. The van der Waals surface area contributed by atoms with Crippen molar-refractivity contribution < 1.29 is 9.90 Å². The molecule has 27 heavy (non-hydrogen) atoms. The lowest BCUT2D eigenvalue weighted by Crippen LogP contribution is -2.49. The number of likely N-dealkylation sites (tertiary alicyclic amines) is 1. The second-order valence-corrected chi connectivity index (χ2v) is 8.38. The second kappa shape index (κ2) is 9.18. The molecule has 1 aromatic carbocycles. The number of carbonyl (C=O) groups is 1. The molecule has 1 aromatic rings. The number of hydrogen-bond donors (Lipinski definition) is 1. The third kappa shape index (κ3) is 5.53. The second-order valence-electron chi connectivity index (χ2n) is 8.38. The smallest absolute Gasteiger partial charge is 0.222 e. The molecule has 150 valence electrons. The first-order valence-corrected chi connectivity index (χ1v) is 10.5. The first-order chi connectivity index (χ1) is 13.0. The van der Waals surface area contributed by atoms with Crippen molar-refractivity contribution in [3.8, 4) is 0 Å². The van der Waals surface area contributed by atoms with Gasteiger partial charge in [0.2, 0.25) is 5.91 Å². The van der Waals surface area contributed by atoms with Crippen LogP contribution in [0.4, 0.5) is 0 Å². The standard InChI is InChI=1S/C22H35N3O2/c1-3-23-13-15-25(16-14-23)21(26)17-19-9-11-24(12-10-19)18-22(2,27)20-7-5-4-6-8-20/h4-8,19,27H,3,9-18H2,1-2H3.